The van der Waals surface area contributed by atoms with E-state index in [1.165, 1.54) is 18.6 Å². The fourth-order valence-corrected chi connectivity index (χ4v) is 1.59. The number of pyridine rings is 1. The molecule has 0 saturated heterocycles. The molecule has 0 aliphatic heterocycles. The standard InChI is InChI=1S/C11H8ClN5OS/c12-16-11(19)17(10-14-5-2-6-15-10)9(18)8-3-1-4-13-7-8/h1-7H,(H,16,19). The summed E-state index contributed by atoms with van der Waals surface area (Å²) in [6, 6.07) is 4.89. The molecule has 8 heteroatoms. The zero-order chi connectivity index (χ0) is 13.7. The van der Waals surface area contributed by atoms with Crippen molar-refractivity contribution < 1.29 is 4.79 Å². The van der Waals surface area contributed by atoms with Gasteiger partial charge in [-0.25, -0.2) is 14.9 Å². The molecule has 19 heavy (non-hydrogen) atoms. The summed E-state index contributed by atoms with van der Waals surface area (Å²) in [5.74, 6) is -0.285. The number of nitrogens with zero attached hydrogens (tertiary/aromatic N) is 4. The highest BCUT2D eigenvalue weighted by Crippen LogP contribution is 2.11. The van der Waals surface area contributed by atoms with Gasteiger partial charge in [0.05, 0.1) is 5.56 Å². The first-order chi connectivity index (χ1) is 9.24. The molecule has 0 radical (unpaired) electrons. The molecule has 0 aliphatic rings. The number of nitrogens with one attached hydrogen (secondary N) is 1. The van der Waals surface area contributed by atoms with E-state index >= 15 is 0 Å². The average Bonchev–Trinajstić information content (AvgIpc) is 2.49. The van der Waals surface area contributed by atoms with Crippen LogP contribution in [0.1, 0.15) is 10.4 Å². The topological polar surface area (TPSA) is 71.0 Å². The van der Waals surface area contributed by atoms with Gasteiger partial charge in [-0.2, -0.15) is 0 Å². The van der Waals surface area contributed by atoms with E-state index in [1.807, 2.05) is 0 Å². The van der Waals surface area contributed by atoms with E-state index in [4.69, 9.17) is 24.0 Å². The maximum atomic E-state index is 12.4. The molecule has 0 spiro atoms. The van der Waals surface area contributed by atoms with Gasteiger partial charge in [-0.3, -0.25) is 14.6 Å². The Morgan fingerprint density at radius 2 is 2.00 bits per heavy atom. The average molecular weight is 294 g/mol. The van der Waals surface area contributed by atoms with Crippen LogP contribution in [-0.2, 0) is 0 Å². The van der Waals surface area contributed by atoms with Gasteiger partial charge < -0.3 is 0 Å². The number of halogens is 1. The normalized spacial score (nSPS) is 9.74. The summed E-state index contributed by atoms with van der Waals surface area (Å²) >= 11 is 10.5. The van der Waals surface area contributed by atoms with Crippen LogP contribution in [-0.4, -0.2) is 26.0 Å². The Kier molecular flexibility index (Phi) is 4.32. The number of anilines is 1. The van der Waals surface area contributed by atoms with Crippen LogP contribution in [0.5, 0.6) is 0 Å². The van der Waals surface area contributed by atoms with Crippen LogP contribution in [0.3, 0.4) is 0 Å². The number of amides is 1. The summed E-state index contributed by atoms with van der Waals surface area (Å²) in [7, 11) is 0. The molecule has 0 bridgehead atoms. The molecular weight excluding hydrogens is 286 g/mol. The van der Waals surface area contributed by atoms with Gasteiger partial charge in [0, 0.05) is 36.6 Å². The highest BCUT2D eigenvalue weighted by molar-refractivity contribution is 7.80. The SMILES string of the molecule is O=C(c1cccnc1)N(C(=S)NCl)c1ncccn1. The van der Waals surface area contributed by atoms with Crippen LogP contribution < -0.4 is 9.74 Å². The molecule has 0 fully saturated rings. The predicted octanol–water partition coefficient (Wildman–Crippen LogP) is 1.55. The van der Waals surface area contributed by atoms with Gasteiger partial charge in [-0.1, -0.05) is 0 Å². The smallest absolute Gasteiger partial charge is 0.268 e. The van der Waals surface area contributed by atoms with E-state index in [1.54, 1.807) is 24.4 Å². The lowest BCUT2D eigenvalue weighted by molar-refractivity contribution is 0.100. The highest BCUT2D eigenvalue weighted by atomic mass is 35.5. The Bertz CT molecular complexity index is 580. The van der Waals surface area contributed by atoms with E-state index in [0.717, 1.165) is 4.90 Å². The lowest BCUT2D eigenvalue weighted by Crippen LogP contribution is -2.41. The Hall–Kier alpha value is -2.12. The third-order valence-corrected chi connectivity index (χ3v) is 2.72. The highest BCUT2D eigenvalue weighted by Gasteiger charge is 2.24. The van der Waals surface area contributed by atoms with Crippen molar-refractivity contribution >= 4 is 41.0 Å². The Balaban J connectivity index is 2.40. The van der Waals surface area contributed by atoms with Gasteiger partial charge in [0.15, 0.2) is 5.11 Å². The first-order valence-corrected chi connectivity index (χ1v) is 5.94. The molecule has 0 aromatic carbocycles. The molecular formula is C11H8ClN5OS. The molecule has 96 valence electrons. The summed E-state index contributed by atoms with van der Waals surface area (Å²) < 4.78 is 0. The molecule has 2 aromatic heterocycles. The number of rotatable bonds is 2. The fourth-order valence-electron chi connectivity index (χ4n) is 1.34. The van der Waals surface area contributed by atoms with Crippen molar-refractivity contribution in [3.63, 3.8) is 0 Å². The number of aromatic nitrogens is 3. The molecule has 1 amide bonds. The minimum absolute atomic E-state index is 0.0123. The van der Waals surface area contributed by atoms with Crippen molar-refractivity contribution in [1.29, 1.82) is 0 Å². The van der Waals surface area contributed by atoms with Gasteiger partial charge >= 0.3 is 0 Å². The summed E-state index contributed by atoms with van der Waals surface area (Å²) in [6.07, 6.45) is 6.00. The summed E-state index contributed by atoms with van der Waals surface area (Å²) in [4.78, 5) is 27.5. The van der Waals surface area contributed by atoms with E-state index in [2.05, 4.69) is 19.8 Å². The van der Waals surface area contributed by atoms with Crippen LogP contribution >= 0.6 is 24.0 Å². The summed E-state index contributed by atoms with van der Waals surface area (Å²) in [5.41, 5.74) is 0.351. The molecule has 0 saturated carbocycles. The zero-order valence-corrected chi connectivity index (χ0v) is 11.1. The van der Waals surface area contributed by atoms with Gasteiger partial charge in [-0.05, 0) is 30.4 Å². The van der Waals surface area contributed by atoms with Crippen molar-refractivity contribution in [3.8, 4) is 0 Å². The maximum Gasteiger partial charge on any atom is 0.268 e. The quantitative estimate of drug-likeness (QED) is 0.669. The third kappa shape index (κ3) is 3.01. The Morgan fingerprint density at radius 3 is 2.58 bits per heavy atom. The van der Waals surface area contributed by atoms with Crippen LogP contribution in [0.15, 0.2) is 43.0 Å². The number of hydrogen-bond donors (Lipinski definition) is 1. The molecule has 1 N–H and O–H groups in total. The molecule has 2 aromatic rings. The first kappa shape index (κ1) is 13.3. The summed E-state index contributed by atoms with van der Waals surface area (Å²) in [5, 5.41) is -0.0123. The van der Waals surface area contributed by atoms with Crippen LogP contribution in [0, 0.1) is 0 Å². The molecule has 2 heterocycles. The van der Waals surface area contributed by atoms with Gasteiger partial charge in [0.2, 0.25) is 5.95 Å². The van der Waals surface area contributed by atoms with Crippen molar-refractivity contribution in [2.24, 2.45) is 0 Å². The van der Waals surface area contributed by atoms with Crippen molar-refractivity contribution in [2.45, 2.75) is 0 Å². The van der Waals surface area contributed by atoms with Gasteiger partial charge in [-0.15, -0.1) is 0 Å². The second-order valence-electron chi connectivity index (χ2n) is 3.33. The number of thiocarbonyl (C=S) groups is 1. The minimum Gasteiger partial charge on any atom is -0.274 e. The molecule has 0 aliphatic carbocycles. The monoisotopic (exact) mass is 293 g/mol. The van der Waals surface area contributed by atoms with E-state index in [-0.39, 0.29) is 11.1 Å². The van der Waals surface area contributed by atoms with Crippen molar-refractivity contribution in [2.75, 3.05) is 4.90 Å². The minimum atomic E-state index is -0.419. The molecule has 0 unspecified atom stereocenters. The van der Waals surface area contributed by atoms with Crippen LogP contribution in [0.25, 0.3) is 0 Å². The number of carbonyl (C=O) groups is 1. The zero-order valence-electron chi connectivity index (χ0n) is 9.52. The van der Waals surface area contributed by atoms with Crippen LogP contribution in [0.4, 0.5) is 5.95 Å². The summed E-state index contributed by atoms with van der Waals surface area (Å²) in [6.45, 7) is 0. The molecule has 2 rings (SSSR count). The largest absolute Gasteiger partial charge is 0.274 e. The number of hydrogen-bond acceptors (Lipinski definition) is 5. The second kappa shape index (κ2) is 6.17. The predicted molar refractivity (Wildman–Crippen MR) is 74.7 cm³/mol. The van der Waals surface area contributed by atoms with E-state index in [9.17, 15) is 4.79 Å². The molecule has 0 atom stereocenters. The van der Waals surface area contributed by atoms with Crippen molar-refractivity contribution in [1.82, 2.24) is 19.8 Å². The first-order valence-electron chi connectivity index (χ1n) is 5.16. The Morgan fingerprint density at radius 1 is 1.26 bits per heavy atom. The lowest BCUT2D eigenvalue weighted by Gasteiger charge is -2.19. The number of carbonyl (C=O) groups excluding carboxylic acids is 1. The van der Waals surface area contributed by atoms with Gasteiger partial charge in [0.25, 0.3) is 5.91 Å². The maximum absolute atomic E-state index is 12.4. The van der Waals surface area contributed by atoms with E-state index in [0.29, 0.717) is 5.56 Å². The van der Waals surface area contributed by atoms with E-state index < -0.39 is 5.91 Å². The van der Waals surface area contributed by atoms with Gasteiger partial charge in [0.1, 0.15) is 0 Å². The lowest BCUT2D eigenvalue weighted by atomic mass is 10.2. The molecule has 6 nitrogen and oxygen atoms in total. The van der Waals surface area contributed by atoms with Crippen LogP contribution in [0.2, 0.25) is 0 Å². The Labute approximate surface area is 119 Å². The second-order valence-corrected chi connectivity index (χ2v) is 3.91. The third-order valence-electron chi connectivity index (χ3n) is 2.15. The van der Waals surface area contributed by atoms with Crippen molar-refractivity contribution in [3.05, 3.63) is 48.5 Å². The fraction of sp³-hybridized carbons (Fsp3) is 0.